The van der Waals surface area contributed by atoms with Gasteiger partial charge in [0.2, 0.25) is 5.91 Å². The summed E-state index contributed by atoms with van der Waals surface area (Å²) >= 11 is 0. The number of hydrogen-bond acceptors (Lipinski definition) is 5. The van der Waals surface area contributed by atoms with Crippen molar-refractivity contribution in [3.63, 3.8) is 0 Å². The van der Waals surface area contributed by atoms with E-state index in [4.69, 9.17) is 0 Å². The minimum absolute atomic E-state index is 0.121. The van der Waals surface area contributed by atoms with Crippen molar-refractivity contribution in [3.05, 3.63) is 47.7 Å². The van der Waals surface area contributed by atoms with Gasteiger partial charge in [-0.15, -0.1) is 10.2 Å². The van der Waals surface area contributed by atoms with Crippen LogP contribution in [-0.2, 0) is 11.3 Å². The average Bonchev–Trinajstić information content (AvgIpc) is 2.73. The first-order valence-electron chi connectivity index (χ1n) is 9.35. The Bertz CT molecular complexity index is 785. The third-order valence-electron chi connectivity index (χ3n) is 4.77. The van der Waals surface area contributed by atoms with E-state index >= 15 is 0 Å². The van der Waals surface area contributed by atoms with E-state index in [1.807, 2.05) is 24.3 Å². The lowest BCUT2D eigenvalue weighted by molar-refractivity contribution is -0.120. The van der Waals surface area contributed by atoms with Crippen LogP contribution in [0.3, 0.4) is 0 Å². The first-order valence-corrected chi connectivity index (χ1v) is 9.35. The summed E-state index contributed by atoms with van der Waals surface area (Å²) in [6.07, 6.45) is 5.48. The summed E-state index contributed by atoms with van der Waals surface area (Å²) in [5.74, 6) is 0.569. The van der Waals surface area contributed by atoms with E-state index in [9.17, 15) is 9.59 Å². The number of nitrogens with one attached hydrogen (secondary N) is 3. The van der Waals surface area contributed by atoms with Crippen LogP contribution in [0, 0.1) is 5.92 Å². The zero-order valence-electron chi connectivity index (χ0n) is 15.5. The molecule has 27 heavy (non-hydrogen) atoms. The lowest BCUT2D eigenvalue weighted by atomic mass is 9.88. The number of amides is 2. The number of aromatic nitrogens is 2. The third kappa shape index (κ3) is 5.26. The summed E-state index contributed by atoms with van der Waals surface area (Å²) in [5, 5.41) is 16.6. The van der Waals surface area contributed by atoms with E-state index in [1.165, 1.54) is 6.42 Å². The number of benzene rings is 1. The van der Waals surface area contributed by atoms with Gasteiger partial charge in [0.1, 0.15) is 5.82 Å². The van der Waals surface area contributed by atoms with Crippen LogP contribution >= 0.6 is 0 Å². The molecule has 0 unspecified atom stereocenters. The highest BCUT2D eigenvalue weighted by Gasteiger charge is 2.21. The zero-order chi connectivity index (χ0) is 19.1. The van der Waals surface area contributed by atoms with Crippen LogP contribution < -0.4 is 16.0 Å². The molecular weight excluding hydrogens is 342 g/mol. The predicted octanol–water partition coefficient (Wildman–Crippen LogP) is 2.97. The number of carbonyl (C=O) groups is 2. The van der Waals surface area contributed by atoms with Crippen LogP contribution in [0.5, 0.6) is 0 Å². The van der Waals surface area contributed by atoms with E-state index < -0.39 is 0 Å². The molecule has 0 bridgehead atoms. The average molecular weight is 367 g/mol. The minimum atomic E-state index is -0.268. The topological polar surface area (TPSA) is 96.0 Å². The van der Waals surface area contributed by atoms with Crippen molar-refractivity contribution in [2.45, 2.75) is 38.6 Å². The second-order valence-corrected chi connectivity index (χ2v) is 6.76. The molecular formula is C20H25N5O2. The van der Waals surface area contributed by atoms with E-state index in [1.54, 1.807) is 19.2 Å². The zero-order valence-corrected chi connectivity index (χ0v) is 15.5. The lowest BCUT2D eigenvalue weighted by Gasteiger charge is -2.20. The molecule has 7 heteroatoms. The van der Waals surface area contributed by atoms with Gasteiger partial charge in [-0.05, 0) is 42.7 Å². The summed E-state index contributed by atoms with van der Waals surface area (Å²) in [4.78, 5) is 23.9. The molecule has 0 saturated heterocycles. The van der Waals surface area contributed by atoms with Gasteiger partial charge in [0.15, 0.2) is 5.69 Å². The standard InChI is InChI=1S/C20H25N5O2/c1-21-20(27)17-10-11-18(25-24-17)22-13-14-6-5-9-16(12-14)23-19(26)15-7-3-2-4-8-15/h5-6,9-12,15H,2-4,7-8,13H2,1H3,(H,21,27)(H,22,25)(H,23,26). The first-order chi connectivity index (χ1) is 13.2. The van der Waals surface area contributed by atoms with Gasteiger partial charge in [-0.25, -0.2) is 0 Å². The van der Waals surface area contributed by atoms with Crippen molar-refractivity contribution in [2.75, 3.05) is 17.7 Å². The number of hydrogen-bond donors (Lipinski definition) is 3. The molecule has 1 aliphatic carbocycles. The van der Waals surface area contributed by atoms with Gasteiger partial charge in [0.25, 0.3) is 5.91 Å². The maximum atomic E-state index is 12.4. The Hall–Kier alpha value is -2.96. The van der Waals surface area contributed by atoms with Crippen LogP contribution in [0.1, 0.15) is 48.2 Å². The molecule has 0 atom stereocenters. The van der Waals surface area contributed by atoms with E-state index in [0.717, 1.165) is 36.9 Å². The lowest BCUT2D eigenvalue weighted by Crippen LogP contribution is -2.24. The second kappa shape index (κ2) is 9.12. The quantitative estimate of drug-likeness (QED) is 0.729. The Morgan fingerprint density at radius 3 is 2.59 bits per heavy atom. The largest absolute Gasteiger partial charge is 0.365 e. The molecule has 142 valence electrons. The fourth-order valence-electron chi connectivity index (χ4n) is 3.24. The van der Waals surface area contributed by atoms with Gasteiger partial charge in [-0.1, -0.05) is 31.4 Å². The fraction of sp³-hybridized carbons (Fsp3) is 0.400. The predicted molar refractivity (Wildman–Crippen MR) is 104 cm³/mol. The summed E-state index contributed by atoms with van der Waals surface area (Å²) in [7, 11) is 1.55. The van der Waals surface area contributed by atoms with Gasteiger partial charge >= 0.3 is 0 Å². The fourth-order valence-corrected chi connectivity index (χ4v) is 3.24. The Labute approximate surface area is 159 Å². The molecule has 1 saturated carbocycles. The monoisotopic (exact) mass is 367 g/mol. The van der Waals surface area contributed by atoms with Gasteiger partial charge in [0, 0.05) is 25.2 Å². The normalized spacial score (nSPS) is 14.4. The summed E-state index contributed by atoms with van der Waals surface area (Å²) < 4.78 is 0. The molecule has 7 nitrogen and oxygen atoms in total. The number of carbonyl (C=O) groups excluding carboxylic acids is 2. The van der Waals surface area contributed by atoms with Gasteiger partial charge in [-0.2, -0.15) is 0 Å². The summed E-state index contributed by atoms with van der Waals surface area (Å²) in [6.45, 7) is 0.543. The molecule has 1 fully saturated rings. The Balaban J connectivity index is 1.55. The smallest absolute Gasteiger partial charge is 0.271 e. The molecule has 2 amide bonds. The highest BCUT2D eigenvalue weighted by Crippen LogP contribution is 2.25. The van der Waals surface area contributed by atoms with Crippen LogP contribution in [0.25, 0.3) is 0 Å². The number of rotatable bonds is 6. The van der Waals surface area contributed by atoms with Crippen molar-refractivity contribution in [1.82, 2.24) is 15.5 Å². The Morgan fingerprint density at radius 2 is 1.89 bits per heavy atom. The van der Waals surface area contributed by atoms with Crippen LogP contribution in [-0.4, -0.2) is 29.1 Å². The maximum absolute atomic E-state index is 12.4. The molecule has 1 aromatic carbocycles. The molecule has 1 aliphatic rings. The second-order valence-electron chi connectivity index (χ2n) is 6.76. The molecule has 2 aromatic rings. The van der Waals surface area contributed by atoms with Crippen molar-refractivity contribution in [1.29, 1.82) is 0 Å². The van der Waals surface area contributed by atoms with Crippen molar-refractivity contribution < 1.29 is 9.59 Å². The van der Waals surface area contributed by atoms with E-state index in [-0.39, 0.29) is 23.4 Å². The Morgan fingerprint density at radius 1 is 1.07 bits per heavy atom. The molecule has 0 spiro atoms. The molecule has 0 radical (unpaired) electrons. The molecule has 3 N–H and O–H groups in total. The van der Waals surface area contributed by atoms with E-state index in [0.29, 0.717) is 12.4 Å². The minimum Gasteiger partial charge on any atom is -0.365 e. The van der Waals surface area contributed by atoms with Crippen molar-refractivity contribution in [3.8, 4) is 0 Å². The Kier molecular flexibility index (Phi) is 6.35. The van der Waals surface area contributed by atoms with Crippen LogP contribution in [0.4, 0.5) is 11.5 Å². The van der Waals surface area contributed by atoms with Crippen molar-refractivity contribution in [2.24, 2.45) is 5.92 Å². The van der Waals surface area contributed by atoms with Gasteiger partial charge in [-0.3, -0.25) is 9.59 Å². The number of anilines is 2. The molecule has 1 aromatic heterocycles. The summed E-state index contributed by atoms with van der Waals surface area (Å²) in [6, 6.07) is 11.1. The van der Waals surface area contributed by atoms with Gasteiger partial charge < -0.3 is 16.0 Å². The van der Waals surface area contributed by atoms with Crippen LogP contribution in [0.15, 0.2) is 36.4 Å². The first kappa shape index (κ1) is 18.8. The third-order valence-corrected chi connectivity index (χ3v) is 4.77. The summed E-state index contributed by atoms with van der Waals surface area (Å²) in [5.41, 5.74) is 2.11. The number of nitrogens with zero attached hydrogens (tertiary/aromatic N) is 2. The van der Waals surface area contributed by atoms with Crippen molar-refractivity contribution >= 4 is 23.3 Å². The highest BCUT2D eigenvalue weighted by molar-refractivity contribution is 5.92. The van der Waals surface area contributed by atoms with Gasteiger partial charge in [0.05, 0.1) is 0 Å². The van der Waals surface area contributed by atoms with E-state index in [2.05, 4.69) is 26.1 Å². The SMILES string of the molecule is CNC(=O)c1ccc(NCc2cccc(NC(=O)C3CCCCC3)c2)nn1. The van der Waals surface area contributed by atoms with Crippen LogP contribution in [0.2, 0.25) is 0 Å². The maximum Gasteiger partial charge on any atom is 0.271 e. The highest BCUT2D eigenvalue weighted by atomic mass is 16.2. The molecule has 0 aliphatic heterocycles. The molecule has 1 heterocycles. The molecule has 3 rings (SSSR count).